The molecular weight excluding hydrogens is 375 g/mol. The van der Waals surface area contributed by atoms with E-state index in [1.54, 1.807) is 14.2 Å². The fourth-order valence-corrected chi connectivity index (χ4v) is 3.39. The van der Waals surface area contributed by atoms with Crippen molar-refractivity contribution in [2.45, 2.75) is 12.2 Å². The van der Waals surface area contributed by atoms with Gasteiger partial charge in [-0.1, -0.05) is 6.07 Å². The van der Waals surface area contributed by atoms with Crippen molar-refractivity contribution in [1.82, 2.24) is 15.2 Å². The van der Waals surface area contributed by atoms with Gasteiger partial charge in [-0.2, -0.15) is 5.10 Å². The molecule has 0 saturated carbocycles. The number of hydrogen-bond acceptors (Lipinski definition) is 5. The summed E-state index contributed by atoms with van der Waals surface area (Å²) in [6.07, 6.45) is 5.74. The van der Waals surface area contributed by atoms with Crippen molar-refractivity contribution in [3.63, 3.8) is 0 Å². The van der Waals surface area contributed by atoms with Gasteiger partial charge in [0.1, 0.15) is 12.2 Å². The highest BCUT2D eigenvalue weighted by Crippen LogP contribution is 2.32. The van der Waals surface area contributed by atoms with E-state index in [9.17, 15) is 0 Å². The van der Waals surface area contributed by atoms with Crippen LogP contribution in [-0.4, -0.2) is 54.7 Å². The van der Waals surface area contributed by atoms with Gasteiger partial charge in [0.15, 0.2) is 0 Å². The molecule has 8 heteroatoms. The minimum Gasteiger partial charge on any atom is -0.377 e. The molecule has 1 aromatic carbocycles. The van der Waals surface area contributed by atoms with Gasteiger partial charge >= 0.3 is 0 Å². The quantitative estimate of drug-likeness (QED) is 0.732. The molecule has 0 aliphatic carbocycles. The number of halogens is 2. The summed E-state index contributed by atoms with van der Waals surface area (Å²) in [7, 11) is 3.48. The number of H-pyrrole nitrogens is 1. The monoisotopic (exact) mass is 396 g/mol. The molecule has 1 aliphatic rings. The Balaban J connectivity index is 0.00000121. The van der Waals surface area contributed by atoms with Gasteiger partial charge in [0.2, 0.25) is 0 Å². The molecule has 0 bridgehead atoms. The van der Waals surface area contributed by atoms with Crippen LogP contribution in [0.15, 0.2) is 42.9 Å². The predicted molar refractivity (Wildman–Crippen MR) is 108 cm³/mol. The van der Waals surface area contributed by atoms with E-state index in [2.05, 4.69) is 44.3 Å². The third kappa shape index (κ3) is 3.64. The van der Waals surface area contributed by atoms with Gasteiger partial charge in [-0.3, -0.25) is 10.1 Å². The Hall–Kier alpha value is -1.86. The molecule has 26 heavy (non-hydrogen) atoms. The number of hydrogen-bond donors (Lipinski definition) is 1. The summed E-state index contributed by atoms with van der Waals surface area (Å²) in [6, 6.07) is 8.36. The molecule has 1 N–H and O–H groups in total. The minimum absolute atomic E-state index is 0. The Morgan fingerprint density at radius 3 is 2.38 bits per heavy atom. The van der Waals surface area contributed by atoms with Gasteiger partial charge in [0, 0.05) is 56.3 Å². The lowest BCUT2D eigenvalue weighted by Gasteiger charge is -2.20. The highest BCUT2D eigenvalue weighted by atomic mass is 35.5. The predicted octanol–water partition coefficient (Wildman–Crippen LogP) is 3.32. The first-order valence-corrected chi connectivity index (χ1v) is 7.98. The molecule has 0 spiro atoms. The average molecular weight is 397 g/mol. The van der Waals surface area contributed by atoms with Gasteiger partial charge in [-0.25, -0.2) is 0 Å². The van der Waals surface area contributed by atoms with Crippen molar-refractivity contribution in [2.24, 2.45) is 0 Å². The second kappa shape index (κ2) is 8.68. The van der Waals surface area contributed by atoms with Crippen LogP contribution in [0, 0.1) is 0 Å². The second-order valence-electron chi connectivity index (χ2n) is 6.00. The number of aromatic amines is 1. The largest absolute Gasteiger partial charge is 0.377 e. The lowest BCUT2D eigenvalue weighted by molar-refractivity contribution is -0.00461. The molecule has 140 valence electrons. The van der Waals surface area contributed by atoms with Crippen molar-refractivity contribution in [2.75, 3.05) is 32.2 Å². The number of nitrogens with zero attached hydrogens (tertiary/aromatic N) is 3. The first kappa shape index (κ1) is 20.5. The van der Waals surface area contributed by atoms with Crippen LogP contribution < -0.4 is 4.90 Å². The Kier molecular flexibility index (Phi) is 6.83. The number of rotatable bonds is 4. The highest BCUT2D eigenvalue weighted by molar-refractivity contribution is 5.94. The summed E-state index contributed by atoms with van der Waals surface area (Å²) >= 11 is 0. The molecular formula is C18H22Cl2N4O2. The topological polar surface area (TPSA) is 63.3 Å². The maximum atomic E-state index is 5.57. The van der Waals surface area contributed by atoms with E-state index in [1.807, 2.05) is 18.6 Å². The van der Waals surface area contributed by atoms with Crippen LogP contribution in [-0.2, 0) is 9.47 Å². The van der Waals surface area contributed by atoms with Crippen molar-refractivity contribution >= 4 is 41.4 Å². The standard InChI is InChI=1S/C18H20N4O2.2ClH/c1-23-17-10-22(11-18(17)24-2)16-5-6-19-15-4-3-12(7-14(15)16)13-8-20-21-9-13;;/h3-9,17-18H,10-11H2,1-2H3,(H,20,21);2*1H. The molecule has 0 radical (unpaired) electrons. The molecule has 2 unspecified atom stereocenters. The fourth-order valence-electron chi connectivity index (χ4n) is 3.39. The number of aromatic nitrogens is 3. The number of methoxy groups -OCH3 is 2. The van der Waals surface area contributed by atoms with Crippen LogP contribution in [0.4, 0.5) is 5.69 Å². The van der Waals surface area contributed by atoms with Crippen LogP contribution in [0.2, 0.25) is 0 Å². The fraction of sp³-hybridized carbons (Fsp3) is 0.333. The summed E-state index contributed by atoms with van der Waals surface area (Å²) in [6.45, 7) is 1.62. The zero-order valence-electron chi connectivity index (χ0n) is 14.6. The van der Waals surface area contributed by atoms with Gasteiger partial charge < -0.3 is 14.4 Å². The van der Waals surface area contributed by atoms with Gasteiger partial charge in [0.05, 0.1) is 11.7 Å². The van der Waals surface area contributed by atoms with E-state index >= 15 is 0 Å². The molecule has 1 fully saturated rings. The lowest BCUT2D eigenvalue weighted by Crippen LogP contribution is -2.27. The third-order valence-electron chi connectivity index (χ3n) is 4.71. The van der Waals surface area contributed by atoms with E-state index in [0.29, 0.717) is 0 Å². The van der Waals surface area contributed by atoms with Crippen LogP contribution in [0.25, 0.3) is 22.0 Å². The summed E-state index contributed by atoms with van der Waals surface area (Å²) in [5, 5.41) is 8.03. The van der Waals surface area contributed by atoms with Gasteiger partial charge in [-0.05, 0) is 23.8 Å². The second-order valence-corrected chi connectivity index (χ2v) is 6.00. The zero-order chi connectivity index (χ0) is 16.5. The molecule has 3 heterocycles. The maximum absolute atomic E-state index is 5.57. The zero-order valence-corrected chi connectivity index (χ0v) is 16.2. The van der Waals surface area contributed by atoms with Crippen molar-refractivity contribution in [3.8, 4) is 11.1 Å². The molecule has 4 rings (SSSR count). The third-order valence-corrected chi connectivity index (χ3v) is 4.71. The molecule has 2 aromatic heterocycles. The van der Waals surface area contributed by atoms with E-state index in [0.717, 1.165) is 40.8 Å². The Morgan fingerprint density at radius 1 is 1.04 bits per heavy atom. The van der Waals surface area contributed by atoms with E-state index < -0.39 is 0 Å². The number of pyridine rings is 1. The smallest absolute Gasteiger partial charge is 0.102 e. The summed E-state index contributed by atoms with van der Waals surface area (Å²) in [4.78, 5) is 6.81. The van der Waals surface area contributed by atoms with E-state index in [1.165, 1.54) is 0 Å². The first-order valence-electron chi connectivity index (χ1n) is 7.98. The SMILES string of the molecule is COC1CN(c2ccnc3ccc(-c4cn[nH]c4)cc23)CC1OC.Cl.Cl. The normalized spacial score (nSPS) is 19.2. The van der Waals surface area contributed by atoms with Gasteiger partial charge in [-0.15, -0.1) is 24.8 Å². The average Bonchev–Trinajstić information content (AvgIpc) is 3.30. The molecule has 3 aromatic rings. The number of nitrogens with one attached hydrogen (secondary N) is 1. The highest BCUT2D eigenvalue weighted by Gasteiger charge is 2.33. The lowest BCUT2D eigenvalue weighted by atomic mass is 10.1. The van der Waals surface area contributed by atoms with Crippen LogP contribution in [0.3, 0.4) is 0 Å². The van der Waals surface area contributed by atoms with E-state index in [4.69, 9.17) is 9.47 Å². The Morgan fingerprint density at radius 2 is 1.77 bits per heavy atom. The number of benzene rings is 1. The number of ether oxygens (including phenoxy) is 2. The van der Waals surface area contributed by atoms with Crippen LogP contribution >= 0.6 is 24.8 Å². The molecule has 1 saturated heterocycles. The molecule has 2 atom stereocenters. The van der Waals surface area contributed by atoms with E-state index in [-0.39, 0.29) is 37.0 Å². The maximum Gasteiger partial charge on any atom is 0.102 e. The summed E-state index contributed by atoms with van der Waals surface area (Å²) in [5.41, 5.74) is 4.33. The van der Waals surface area contributed by atoms with Crippen molar-refractivity contribution in [3.05, 3.63) is 42.9 Å². The van der Waals surface area contributed by atoms with Gasteiger partial charge in [0.25, 0.3) is 0 Å². The minimum atomic E-state index is 0. The number of anilines is 1. The first-order chi connectivity index (χ1) is 11.8. The molecule has 0 amide bonds. The molecule has 1 aliphatic heterocycles. The van der Waals surface area contributed by atoms with Crippen LogP contribution in [0.1, 0.15) is 0 Å². The summed E-state index contributed by atoms with van der Waals surface area (Å²) in [5.74, 6) is 0. The Labute approximate surface area is 164 Å². The van der Waals surface area contributed by atoms with Crippen LogP contribution in [0.5, 0.6) is 0 Å². The van der Waals surface area contributed by atoms with Crippen molar-refractivity contribution in [1.29, 1.82) is 0 Å². The number of fused-ring (bicyclic) bond motifs is 1. The summed E-state index contributed by atoms with van der Waals surface area (Å²) < 4.78 is 11.1. The molecule has 6 nitrogen and oxygen atoms in total. The Bertz CT molecular complexity index is 832. The van der Waals surface area contributed by atoms with Crippen molar-refractivity contribution < 1.29 is 9.47 Å².